The van der Waals surface area contributed by atoms with E-state index in [2.05, 4.69) is 5.32 Å². The van der Waals surface area contributed by atoms with E-state index in [0.29, 0.717) is 17.9 Å². The maximum absolute atomic E-state index is 14.8. The maximum Gasteiger partial charge on any atom is 0.173 e. The highest BCUT2D eigenvalue weighted by Crippen LogP contribution is 2.37. The molecule has 22 heavy (non-hydrogen) atoms. The van der Waals surface area contributed by atoms with Crippen LogP contribution in [0, 0.1) is 5.82 Å². The minimum atomic E-state index is -0.324. The van der Waals surface area contributed by atoms with Crippen LogP contribution in [-0.4, -0.2) is 13.7 Å². The smallest absolute Gasteiger partial charge is 0.173 e. The number of ether oxygens (including phenoxy) is 2. The number of rotatable bonds is 5. The molecule has 0 amide bonds. The van der Waals surface area contributed by atoms with E-state index < -0.39 is 0 Å². The van der Waals surface area contributed by atoms with Crippen molar-refractivity contribution in [2.24, 2.45) is 0 Å². The highest BCUT2D eigenvalue weighted by atomic mass is 19.1. The predicted molar refractivity (Wildman–Crippen MR) is 83.7 cm³/mol. The van der Waals surface area contributed by atoms with Crippen molar-refractivity contribution in [3.05, 3.63) is 59.4 Å². The van der Waals surface area contributed by atoms with Crippen LogP contribution < -0.4 is 14.8 Å². The fourth-order valence-corrected chi connectivity index (χ4v) is 2.84. The first kappa shape index (κ1) is 14.9. The summed E-state index contributed by atoms with van der Waals surface area (Å²) in [5, 5.41) is 3.31. The van der Waals surface area contributed by atoms with Gasteiger partial charge < -0.3 is 14.8 Å². The Hall–Kier alpha value is -2.07. The molecular weight excluding hydrogens is 281 g/mol. The molecule has 0 aliphatic carbocycles. The van der Waals surface area contributed by atoms with E-state index in [4.69, 9.17) is 9.47 Å². The minimum absolute atomic E-state index is 0.00442. The Labute approximate surface area is 130 Å². The Kier molecular flexibility index (Phi) is 4.59. The quantitative estimate of drug-likeness (QED) is 0.910. The Morgan fingerprint density at radius 3 is 2.59 bits per heavy atom. The average Bonchev–Trinajstić information content (AvgIpc) is 3.08. The summed E-state index contributed by atoms with van der Waals surface area (Å²) in [6, 6.07) is 13.2. The van der Waals surface area contributed by atoms with E-state index in [1.807, 2.05) is 30.3 Å². The Morgan fingerprint density at radius 2 is 1.91 bits per heavy atom. The summed E-state index contributed by atoms with van der Waals surface area (Å²) >= 11 is 0. The number of halogens is 1. The molecule has 1 aliphatic heterocycles. The van der Waals surface area contributed by atoms with Crippen LogP contribution >= 0.6 is 0 Å². The molecule has 0 radical (unpaired) electrons. The minimum Gasteiger partial charge on any atom is -0.496 e. The van der Waals surface area contributed by atoms with E-state index >= 15 is 0 Å². The van der Waals surface area contributed by atoms with Gasteiger partial charge in [-0.2, -0.15) is 0 Å². The van der Waals surface area contributed by atoms with Crippen molar-refractivity contribution in [2.45, 2.75) is 25.5 Å². The number of hydrogen-bond acceptors (Lipinski definition) is 3. The summed E-state index contributed by atoms with van der Waals surface area (Å²) in [5.74, 6) is 0.520. The van der Waals surface area contributed by atoms with E-state index in [1.54, 1.807) is 19.2 Å². The third kappa shape index (κ3) is 3.07. The topological polar surface area (TPSA) is 30.5 Å². The number of methoxy groups -OCH3 is 1. The lowest BCUT2D eigenvalue weighted by molar-refractivity contribution is 0.286. The maximum atomic E-state index is 14.8. The SMILES string of the molecule is COc1ccc(OCc2ccccc2)c(F)c1C1CCCN1. The van der Waals surface area contributed by atoms with Crippen LogP contribution in [0.25, 0.3) is 0 Å². The zero-order valence-electron chi connectivity index (χ0n) is 12.6. The van der Waals surface area contributed by atoms with Crippen molar-refractivity contribution in [3.63, 3.8) is 0 Å². The average molecular weight is 301 g/mol. The van der Waals surface area contributed by atoms with Gasteiger partial charge in [-0.15, -0.1) is 0 Å². The van der Waals surface area contributed by atoms with Crippen LogP contribution in [0.2, 0.25) is 0 Å². The molecule has 1 aliphatic rings. The van der Waals surface area contributed by atoms with Crippen molar-refractivity contribution in [2.75, 3.05) is 13.7 Å². The van der Waals surface area contributed by atoms with Crippen molar-refractivity contribution in [3.8, 4) is 11.5 Å². The second-order valence-corrected chi connectivity index (χ2v) is 5.42. The van der Waals surface area contributed by atoms with Crippen molar-refractivity contribution in [1.82, 2.24) is 5.32 Å². The number of hydrogen-bond donors (Lipinski definition) is 1. The highest BCUT2D eigenvalue weighted by molar-refractivity contribution is 5.44. The molecule has 4 heteroatoms. The largest absolute Gasteiger partial charge is 0.496 e. The lowest BCUT2D eigenvalue weighted by Gasteiger charge is -2.18. The highest BCUT2D eigenvalue weighted by Gasteiger charge is 2.26. The lowest BCUT2D eigenvalue weighted by Crippen LogP contribution is -2.16. The van der Waals surface area contributed by atoms with Crippen molar-refractivity contribution < 1.29 is 13.9 Å². The first-order chi connectivity index (χ1) is 10.8. The van der Waals surface area contributed by atoms with E-state index in [1.165, 1.54) is 0 Å². The predicted octanol–water partition coefficient (Wildman–Crippen LogP) is 3.84. The van der Waals surface area contributed by atoms with E-state index in [9.17, 15) is 4.39 Å². The number of benzene rings is 2. The van der Waals surface area contributed by atoms with Crippen molar-refractivity contribution in [1.29, 1.82) is 0 Å². The van der Waals surface area contributed by atoms with E-state index in [0.717, 1.165) is 24.9 Å². The second kappa shape index (κ2) is 6.79. The monoisotopic (exact) mass is 301 g/mol. The molecule has 2 aromatic carbocycles. The van der Waals surface area contributed by atoms with Crippen LogP contribution in [0.15, 0.2) is 42.5 Å². The summed E-state index contributed by atoms with van der Waals surface area (Å²) < 4.78 is 25.8. The van der Waals surface area contributed by atoms with Gasteiger partial charge in [0.05, 0.1) is 12.7 Å². The van der Waals surface area contributed by atoms with Crippen LogP contribution in [0.4, 0.5) is 4.39 Å². The molecule has 116 valence electrons. The molecule has 3 nitrogen and oxygen atoms in total. The fraction of sp³-hybridized carbons (Fsp3) is 0.333. The van der Waals surface area contributed by atoms with Gasteiger partial charge in [0.15, 0.2) is 11.6 Å². The van der Waals surface area contributed by atoms with Crippen LogP contribution in [-0.2, 0) is 6.61 Å². The van der Waals surface area contributed by atoms with Gasteiger partial charge in [-0.05, 0) is 37.1 Å². The number of nitrogens with one attached hydrogen (secondary N) is 1. The molecule has 0 bridgehead atoms. The molecule has 1 unspecified atom stereocenters. The Bertz CT molecular complexity index is 624. The summed E-state index contributed by atoms with van der Waals surface area (Å²) in [6.45, 7) is 1.25. The second-order valence-electron chi connectivity index (χ2n) is 5.42. The zero-order chi connectivity index (χ0) is 15.4. The van der Waals surface area contributed by atoms with Gasteiger partial charge in [-0.3, -0.25) is 0 Å². The summed E-state index contributed by atoms with van der Waals surface area (Å²) in [6.07, 6.45) is 1.96. The van der Waals surface area contributed by atoms with Gasteiger partial charge in [0, 0.05) is 6.04 Å². The molecule has 0 aromatic heterocycles. The van der Waals surface area contributed by atoms with Gasteiger partial charge in [-0.1, -0.05) is 30.3 Å². The molecule has 1 saturated heterocycles. The summed E-state index contributed by atoms with van der Waals surface area (Å²) in [4.78, 5) is 0. The summed E-state index contributed by atoms with van der Waals surface area (Å²) in [7, 11) is 1.57. The van der Waals surface area contributed by atoms with Gasteiger partial charge in [0.1, 0.15) is 12.4 Å². The Morgan fingerprint density at radius 1 is 1.14 bits per heavy atom. The Balaban J connectivity index is 1.84. The van der Waals surface area contributed by atoms with Gasteiger partial charge in [-0.25, -0.2) is 4.39 Å². The normalized spacial score (nSPS) is 17.5. The molecule has 0 saturated carbocycles. The molecule has 2 aromatic rings. The van der Waals surface area contributed by atoms with Crippen LogP contribution in [0.1, 0.15) is 30.0 Å². The third-order valence-electron chi connectivity index (χ3n) is 3.97. The van der Waals surface area contributed by atoms with Gasteiger partial charge in [0.25, 0.3) is 0 Å². The van der Waals surface area contributed by atoms with E-state index in [-0.39, 0.29) is 17.6 Å². The standard InChI is InChI=1S/C18H20FNO2/c1-21-15-9-10-16(22-12-13-6-3-2-4-7-13)18(19)17(15)14-8-5-11-20-14/h2-4,6-7,9-10,14,20H,5,8,11-12H2,1H3. The molecule has 1 atom stereocenters. The molecule has 1 N–H and O–H groups in total. The molecule has 1 fully saturated rings. The third-order valence-corrected chi connectivity index (χ3v) is 3.97. The molecular formula is C18H20FNO2. The summed E-state index contributed by atoms with van der Waals surface area (Å²) in [5.41, 5.74) is 1.59. The zero-order valence-corrected chi connectivity index (χ0v) is 12.6. The molecule has 1 heterocycles. The first-order valence-electron chi connectivity index (χ1n) is 7.56. The first-order valence-corrected chi connectivity index (χ1v) is 7.56. The van der Waals surface area contributed by atoms with Gasteiger partial charge >= 0.3 is 0 Å². The van der Waals surface area contributed by atoms with Crippen LogP contribution in [0.3, 0.4) is 0 Å². The molecule has 0 spiro atoms. The van der Waals surface area contributed by atoms with Crippen molar-refractivity contribution >= 4 is 0 Å². The van der Waals surface area contributed by atoms with Crippen LogP contribution in [0.5, 0.6) is 11.5 Å². The van der Waals surface area contributed by atoms with Gasteiger partial charge in [0.2, 0.25) is 0 Å². The lowest BCUT2D eigenvalue weighted by atomic mass is 10.0. The fourth-order valence-electron chi connectivity index (χ4n) is 2.84. The molecule has 3 rings (SSSR count).